The highest BCUT2D eigenvalue weighted by atomic mass is 16.5. The molecule has 1 rings (SSSR count). The second-order valence-electron chi connectivity index (χ2n) is 4.20. The van der Waals surface area contributed by atoms with Crippen LogP contribution in [0.2, 0.25) is 0 Å². The second-order valence-corrected chi connectivity index (χ2v) is 4.20. The Morgan fingerprint density at radius 1 is 1.40 bits per heavy atom. The Morgan fingerprint density at radius 2 is 2.27 bits per heavy atom. The van der Waals surface area contributed by atoms with Crippen molar-refractivity contribution in [3.63, 3.8) is 0 Å². The SMILES string of the molecule is CCCCCCOC(=O)C1CCC[N]C1. The van der Waals surface area contributed by atoms with Crippen LogP contribution in [-0.2, 0) is 9.53 Å². The van der Waals surface area contributed by atoms with E-state index in [1.807, 2.05) is 0 Å². The van der Waals surface area contributed by atoms with Crippen molar-refractivity contribution in [2.75, 3.05) is 19.7 Å². The fourth-order valence-corrected chi connectivity index (χ4v) is 1.80. The lowest BCUT2D eigenvalue weighted by molar-refractivity contribution is -0.149. The van der Waals surface area contributed by atoms with Gasteiger partial charge in [0.25, 0.3) is 0 Å². The molecule has 3 heteroatoms. The standard InChI is InChI=1S/C12H22NO2/c1-2-3-4-5-9-15-12(14)11-7-6-8-13-10-11/h11H,2-10H2,1H3. The summed E-state index contributed by atoms with van der Waals surface area (Å²) in [6.45, 7) is 4.36. The molecule has 87 valence electrons. The Bertz CT molecular complexity index is 176. The molecule has 1 unspecified atom stereocenters. The van der Waals surface area contributed by atoms with E-state index in [0.29, 0.717) is 13.2 Å². The minimum absolute atomic E-state index is 0.0325. The van der Waals surface area contributed by atoms with E-state index in [-0.39, 0.29) is 11.9 Å². The highest BCUT2D eigenvalue weighted by Crippen LogP contribution is 2.12. The summed E-state index contributed by atoms with van der Waals surface area (Å²) in [6, 6.07) is 0. The molecular weight excluding hydrogens is 190 g/mol. The Balaban J connectivity index is 2.02. The van der Waals surface area contributed by atoms with Crippen LogP contribution in [0.15, 0.2) is 0 Å². The molecule has 1 heterocycles. The predicted molar refractivity (Wildman–Crippen MR) is 59.7 cm³/mol. The summed E-state index contributed by atoms with van der Waals surface area (Å²) in [4.78, 5) is 11.5. The van der Waals surface area contributed by atoms with Crippen LogP contribution in [0.3, 0.4) is 0 Å². The van der Waals surface area contributed by atoms with Crippen molar-refractivity contribution in [1.82, 2.24) is 5.32 Å². The van der Waals surface area contributed by atoms with Crippen LogP contribution >= 0.6 is 0 Å². The second kappa shape index (κ2) is 7.69. The normalized spacial score (nSPS) is 21.3. The van der Waals surface area contributed by atoms with Gasteiger partial charge in [-0.3, -0.25) is 4.79 Å². The molecule has 0 aromatic heterocycles. The van der Waals surface area contributed by atoms with Crippen LogP contribution in [-0.4, -0.2) is 25.7 Å². The summed E-state index contributed by atoms with van der Waals surface area (Å²) >= 11 is 0. The molecule has 0 aromatic carbocycles. The molecule has 0 N–H and O–H groups in total. The first-order valence-electron chi connectivity index (χ1n) is 6.14. The number of hydrogen-bond donors (Lipinski definition) is 0. The third-order valence-electron chi connectivity index (χ3n) is 2.79. The number of unbranched alkanes of at least 4 members (excludes halogenated alkanes) is 3. The molecule has 1 saturated heterocycles. The fourth-order valence-electron chi connectivity index (χ4n) is 1.80. The minimum Gasteiger partial charge on any atom is -0.465 e. The summed E-state index contributed by atoms with van der Waals surface area (Å²) in [6.07, 6.45) is 6.61. The third kappa shape index (κ3) is 5.17. The molecule has 0 amide bonds. The summed E-state index contributed by atoms with van der Waals surface area (Å²) in [5.74, 6) is 0.0138. The number of hydrogen-bond acceptors (Lipinski definition) is 2. The van der Waals surface area contributed by atoms with E-state index >= 15 is 0 Å². The molecule has 15 heavy (non-hydrogen) atoms. The molecule has 0 aromatic rings. The van der Waals surface area contributed by atoms with Gasteiger partial charge in [-0.2, -0.15) is 0 Å². The smallest absolute Gasteiger partial charge is 0.310 e. The van der Waals surface area contributed by atoms with Crippen molar-refractivity contribution < 1.29 is 9.53 Å². The first-order chi connectivity index (χ1) is 7.34. The van der Waals surface area contributed by atoms with Crippen molar-refractivity contribution in [3.8, 4) is 0 Å². The molecule has 1 radical (unpaired) electrons. The van der Waals surface area contributed by atoms with E-state index in [1.165, 1.54) is 19.3 Å². The Kier molecular flexibility index (Phi) is 6.41. The van der Waals surface area contributed by atoms with Gasteiger partial charge in [0.2, 0.25) is 0 Å². The molecule has 0 aliphatic carbocycles. The molecule has 0 saturated carbocycles. The van der Waals surface area contributed by atoms with Gasteiger partial charge in [-0.15, -0.1) is 0 Å². The molecule has 1 aliphatic heterocycles. The average Bonchev–Trinajstić information content (AvgIpc) is 2.30. The van der Waals surface area contributed by atoms with Gasteiger partial charge < -0.3 is 4.74 Å². The molecule has 0 bridgehead atoms. The summed E-state index contributed by atoms with van der Waals surface area (Å²) in [5, 5.41) is 4.24. The minimum atomic E-state index is -0.0325. The van der Waals surface area contributed by atoms with Crippen LogP contribution in [0.5, 0.6) is 0 Å². The fraction of sp³-hybridized carbons (Fsp3) is 0.917. The lowest BCUT2D eigenvalue weighted by atomic mass is 10.0. The van der Waals surface area contributed by atoms with Gasteiger partial charge in [-0.05, 0) is 19.3 Å². The summed E-state index contributed by atoms with van der Waals surface area (Å²) in [5.41, 5.74) is 0. The molecule has 0 spiro atoms. The number of esters is 1. The maximum absolute atomic E-state index is 11.5. The Labute approximate surface area is 92.6 Å². The zero-order valence-electron chi connectivity index (χ0n) is 9.71. The number of carbonyl (C=O) groups is 1. The first kappa shape index (κ1) is 12.5. The van der Waals surface area contributed by atoms with E-state index < -0.39 is 0 Å². The van der Waals surface area contributed by atoms with Crippen LogP contribution in [0.25, 0.3) is 0 Å². The molecular formula is C12H22NO2. The van der Waals surface area contributed by atoms with Crippen molar-refractivity contribution in [1.29, 1.82) is 0 Å². The van der Waals surface area contributed by atoms with E-state index in [2.05, 4.69) is 12.2 Å². The van der Waals surface area contributed by atoms with Crippen LogP contribution < -0.4 is 5.32 Å². The highest BCUT2D eigenvalue weighted by Gasteiger charge is 2.22. The maximum Gasteiger partial charge on any atom is 0.310 e. The lowest BCUT2D eigenvalue weighted by Gasteiger charge is -2.19. The van der Waals surface area contributed by atoms with E-state index in [0.717, 1.165) is 25.8 Å². The summed E-state index contributed by atoms with van der Waals surface area (Å²) < 4.78 is 5.23. The largest absolute Gasteiger partial charge is 0.465 e. The van der Waals surface area contributed by atoms with E-state index in [9.17, 15) is 4.79 Å². The zero-order valence-corrected chi connectivity index (χ0v) is 9.71. The number of ether oxygens (including phenoxy) is 1. The number of rotatable bonds is 6. The van der Waals surface area contributed by atoms with Gasteiger partial charge >= 0.3 is 5.97 Å². The Hall–Kier alpha value is -0.570. The van der Waals surface area contributed by atoms with Gasteiger partial charge in [0.05, 0.1) is 12.5 Å². The quantitative estimate of drug-likeness (QED) is 0.500. The lowest BCUT2D eigenvalue weighted by Crippen LogP contribution is -2.31. The molecule has 1 fully saturated rings. The van der Waals surface area contributed by atoms with Crippen molar-refractivity contribution in [2.45, 2.75) is 45.4 Å². The van der Waals surface area contributed by atoms with Crippen molar-refractivity contribution in [2.24, 2.45) is 5.92 Å². The van der Waals surface area contributed by atoms with E-state index in [1.54, 1.807) is 0 Å². The summed E-state index contributed by atoms with van der Waals surface area (Å²) in [7, 11) is 0. The topological polar surface area (TPSA) is 40.4 Å². The van der Waals surface area contributed by atoms with Gasteiger partial charge in [0.1, 0.15) is 0 Å². The number of piperidine rings is 1. The number of nitrogens with zero attached hydrogens (tertiary/aromatic N) is 1. The maximum atomic E-state index is 11.5. The van der Waals surface area contributed by atoms with Gasteiger partial charge in [0.15, 0.2) is 0 Å². The average molecular weight is 212 g/mol. The van der Waals surface area contributed by atoms with Gasteiger partial charge in [0, 0.05) is 13.1 Å². The highest BCUT2D eigenvalue weighted by molar-refractivity contribution is 5.72. The Morgan fingerprint density at radius 3 is 2.93 bits per heavy atom. The monoisotopic (exact) mass is 212 g/mol. The third-order valence-corrected chi connectivity index (χ3v) is 2.79. The molecule has 1 aliphatic rings. The van der Waals surface area contributed by atoms with Crippen molar-refractivity contribution in [3.05, 3.63) is 0 Å². The first-order valence-corrected chi connectivity index (χ1v) is 6.14. The van der Waals surface area contributed by atoms with E-state index in [4.69, 9.17) is 4.74 Å². The molecule has 1 atom stereocenters. The predicted octanol–water partition coefficient (Wildman–Crippen LogP) is 2.12. The van der Waals surface area contributed by atoms with Gasteiger partial charge in [-0.1, -0.05) is 26.2 Å². The van der Waals surface area contributed by atoms with Gasteiger partial charge in [-0.25, -0.2) is 5.32 Å². The van der Waals surface area contributed by atoms with Crippen LogP contribution in [0, 0.1) is 5.92 Å². The molecule has 3 nitrogen and oxygen atoms in total. The van der Waals surface area contributed by atoms with Crippen LogP contribution in [0.1, 0.15) is 45.4 Å². The van der Waals surface area contributed by atoms with Crippen molar-refractivity contribution >= 4 is 5.97 Å². The zero-order chi connectivity index (χ0) is 10.9. The number of carbonyl (C=O) groups excluding carboxylic acids is 1. The van der Waals surface area contributed by atoms with Crippen LogP contribution in [0.4, 0.5) is 0 Å².